The van der Waals surface area contributed by atoms with Crippen molar-refractivity contribution in [2.75, 3.05) is 13.2 Å². The highest BCUT2D eigenvalue weighted by Gasteiger charge is 2.31. The van der Waals surface area contributed by atoms with E-state index < -0.39 is 0 Å². The molecule has 1 aliphatic heterocycles. The average Bonchev–Trinajstić information content (AvgIpc) is 2.87. The van der Waals surface area contributed by atoms with Crippen LogP contribution in [0.2, 0.25) is 0 Å². The predicted molar refractivity (Wildman–Crippen MR) is 65.6 cm³/mol. The van der Waals surface area contributed by atoms with Crippen LogP contribution in [0, 0.1) is 5.92 Å². The van der Waals surface area contributed by atoms with Gasteiger partial charge in [0, 0.05) is 23.5 Å². The maximum atomic E-state index is 5.75. The third-order valence-electron chi connectivity index (χ3n) is 4.04. The molecule has 0 radical (unpaired) electrons. The number of fused-ring (bicyclic) bond motifs is 1. The normalized spacial score (nSPS) is 26.7. The molecule has 2 nitrogen and oxygen atoms in total. The number of furan rings is 1. The van der Waals surface area contributed by atoms with Crippen LogP contribution >= 0.6 is 15.9 Å². The van der Waals surface area contributed by atoms with Crippen LogP contribution in [0.1, 0.15) is 42.7 Å². The van der Waals surface area contributed by atoms with Crippen LogP contribution < -0.4 is 0 Å². The average molecular weight is 285 g/mol. The number of ether oxygens (including phenoxy) is 1. The SMILES string of the molecule is Brc1occ2c1CCOCC2C1CCCC1. The van der Waals surface area contributed by atoms with Gasteiger partial charge in [-0.15, -0.1) is 0 Å². The first kappa shape index (κ1) is 10.8. The molecule has 1 unspecified atom stereocenters. The Balaban J connectivity index is 1.92. The summed E-state index contributed by atoms with van der Waals surface area (Å²) in [5.41, 5.74) is 2.74. The fourth-order valence-electron chi connectivity index (χ4n) is 3.15. The smallest absolute Gasteiger partial charge is 0.172 e. The first-order valence-corrected chi connectivity index (χ1v) is 6.99. The van der Waals surface area contributed by atoms with Crippen LogP contribution in [0.5, 0.6) is 0 Å². The molecule has 0 aromatic carbocycles. The third kappa shape index (κ3) is 1.84. The molecule has 0 saturated heterocycles. The molecule has 1 aromatic heterocycles. The minimum absolute atomic E-state index is 0.565. The number of hydrogen-bond acceptors (Lipinski definition) is 2. The second kappa shape index (κ2) is 4.53. The van der Waals surface area contributed by atoms with Crippen LogP contribution in [0.15, 0.2) is 15.3 Å². The van der Waals surface area contributed by atoms with Gasteiger partial charge in [-0.2, -0.15) is 0 Å². The van der Waals surface area contributed by atoms with E-state index in [4.69, 9.17) is 9.15 Å². The van der Waals surface area contributed by atoms with Crippen molar-refractivity contribution >= 4 is 15.9 Å². The Morgan fingerprint density at radius 3 is 2.88 bits per heavy atom. The molecule has 2 heterocycles. The first-order valence-electron chi connectivity index (χ1n) is 6.20. The largest absolute Gasteiger partial charge is 0.457 e. The van der Waals surface area contributed by atoms with Gasteiger partial charge in [0.1, 0.15) is 0 Å². The summed E-state index contributed by atoms with van der Waals surface area (Å²) in [5, 5.41) is 0. The summed E-state index contributed by atoms with van der Waals surface area (Å²) < 4.78 is 12.2. The molecule has 88 valence electrons. The highest BCUT2D eigenvalue weighted by atomic mass is 79.9. The van der Waals surface area contributed by atoms with Gasteiger partial charge in [0.25, 0.3) is 0 Å². The zero-order chi connectivity index (χ0) is 11.0. The van der Waals surface area contributed by atoms with E-state index in [2.05, 4.69) is 15.9 Å². The molecule has 16 heavy (non-hydrogen) atoms. The number of rotatable bonds is 1. The Hall–Kier alpha value is -0.280. The Bertz CT molecular complexity index is 366. The molecule has 0 amide bonds. The highest BCUT2D eigenvalue weighted by Crippen LogP contribution is 2.42. The lowest BCUT2D eigenvalue weighted by atomic mass is 9.85. The van der Waals surface area contributed by atoms with E-state index >= 15 is 0 Å². The Labute approximate surface area is 104 Å². The minimum Gasteiger partial charge on any atom is -0.457 e. The van der Waals surface area contributed by atoms with E-state index in [-0.39, 0.29) is 0 Å². The van der Waals surface area contributed by atoms with E-state index in [9.17, 15) is 0 Å². The molecular formula is C13H17BrO2. The third-order valence-corrected chi connectivity index (χ3v) is 4.70. The number of hydrogen-bond donors (Lipinski definition) is 0. The molecule has 0 N–H and O–H groups in total. The summed E-state index contributed by atoms with van der Waals surface area (Å²) in [6, 6.07) is 0. The van der Waals surface area contributed by atoms with Crippen molar-refractivity contribution in [3.05, 3.63) is 22.1 Å². The summed E-state index contributed by atoms with van der Waals surface area (Å²) in [6.45, 7) is 1.71. The maximum absolute atomic E-state index is 5.75. The second-order valence-corrected chi connectivity index (χ2v) is 5.64. The van der Waals surface area contributed by atoms with Crippen LogP contribution in [-0.2, 0) is 11.2 Å². The lowest BCUT2D eigenvalue weighted by molar-refractivity contribution is 0.113. The van der Waals surface area contributed by atoms with Crippen molar-refractivity contribution in [1.29, 1.82) is 0 Å². The molecule has 1 fully saturated rings. The van der Waals surface area contributed by atoms with Crippen molar-refractivity contribution in [3.63, 3.8) is 0 Å². The van der Waals surface area contributed by atoms with Gasteiger partial charge in [-0.25, -0.2) is 0 Å². The van der Waals surface area contributed by atoms with E-state index in [0.29, 0.717) is 5.92 Å². The molecule has 1 saturated carbocycles. The summed E-state index contributed by atoms with van der Waals surface area (Å²) in [6.07, 6.45) is 8.41. The topological polar surface area (TPSA) is 22.4 Å². The number of halogens is 1. The molecule has 1 aromatic rings. The van der Waals surface area contributed by atoms with Crippen molar-refractivity contribution in [1.82, 2.24) is 0 Å². The Morgan fingerprint density at radius 2 is 2.06 bits per heavy atom. The van der Waals surface area contributed by atoms with E-state index in [1.807, 2.05) is 6.26 Å². The van der Waals surface area contributed by atoms with Crippen LogP contribution in [-0.4, -0.2) is 13.2 Å². The van der Waals surface area contributed by atoms with Crippen LogP contribution in [0.25, 0.3) is 0 Å². The van der Waals surface area contributed by atoms with Crippen molar-refractivity contribution < 1.29 is 9.15 Å². The standard InChI is InChI=1S/C13H17BrO2/c14-13-10-5-6-15-7-11(12(10)8-16-13)9-3-1-2-4-9/h8-9,11H,1-7H2. The van der Waals surface area contributed by atoms with Gasteiger partial charge < -0.3 is 9.15 Å². The zero-order valence-corrected chi connectivity index (χ0v) is 11.0. The van der Waals surface area contributed by atoms with Gasteiger partial charge in [0.15, 0.2) is 4.67 Å². The molecule has 0 bridgehead atoms. The van der Waals surface area contributed by atoms with Crippen LogP contribution in [0.3, 0.4) is 0 Å². The summed E-state index contributed by atoms with van der Waals surface area (Å²) in [7, 11) is 0. The van der Waals surface area contributed by atoms with Crippen molar-refractivity contribution in [2.24, 2.45) is 5.92 Å². The fourth-order valence-corrected chi connectivity index (χ4v) is 3.67. The lowest BCUT2D eigenvalue weighted by Crippen LogP contribution is -2.14. The van der Waals surface area contributed by atoms with Crippen molar-refractivity contribution in [3.8, 4) is 0 Å². The molecule has 3 rings (SSSR count). The van der Waals surface area contributed by atoms with Gasteiger partial charge in [0.05, 0.1) is 19.5 Å². The molecule has 0 spiro atoms. The summed E-state index contributed by atoms with van der Waals surface area (Å²) in [4.78, 5) is 0. The quantitative estimate of drug-likeness (QED) is 0.781. The zero-order valence-electron chi connectivity index (χ0n) is 9.38. The lowest BCUT2D eigenvalue weighted by Gasteiger charge is -2.21. The predicted octanol–water partition coefficient (Wildman–Crippen LogP) is 3.89. The van der Waals surface area contributed by atoms with Crippen molar-refractivity contribution in [2.45, 2.75) is 38.0 Å². The van der Waals surface area contributed by atoms with Crippen LogP contribution in [0.4, 0.5) is 0 Å². The van der Waals surface area contributed by atoms with Gasteiger partial charge in [0.2, 0.25) is 0 Å². The van der Waals surface area contributed by atoms with E-state index in [1.165, 1.54) is 36.8 Å². The molecule has 1 aliphatic carbocycles. The first-order chi connectivity index (χ1) is 7.86. The summed E-state index contributed by atoms with van der Waals surface area (Å²) >= 11 is 3.50. The monoisotopic (exact) mass is 284 g/mol. The summed E-state index contributed by atoms with van der Waals surface area (Å²) in [5.74, 6) is 1.37. The maximum Gasteiger partial charge on any atom is 0.172 e. The second-order valence-electron chi connectivity index (χ2n) is 4.92. The minimum atomic E-state index is 0.565. The molecular weight excluding hydrogens is 268 g/mol. The fraction of sp³-hybridized carbons (Fsp3) is 0.692. The molecule has 2 aliphatic rings. The van der Waals surface area contributed by atoms with Gasteiger partial charge >= 0.3 is 0 Å². The van der Waals surface area contributed by atoms with E-state index in [0.717, 1.165) is 30.2 Å². The van der Waals surface area contributed by atoms with Gasteiger partial charge in [-0.3, -0.25) is 0 Å². The van der Waals surface area contributed by atoms with E-state index in [1.54, 1.807) is 0 Å². The molecule has 3 heteroatoms. The Kier molecular flexibility index (Phi) is 3.07. The van der Waals surface area contributed by atoms with Gasteiger partial charge in [-0.05, 0) is 34.7 Å². The highest BCUT2D eigenvalue weighted by molar-refractivity contribution is 9.10. The molecule has 1 atom stereocenters. The van der Waals surface area contributed by atoms with Gasteiger partial charge in [-0.1, -0.05) is 12.8 Å². The Morgan fingerprint density at radius 1 is 1.25 bits per heavy atom.